The van der Waals surface area contributed by atoms with Crippen LogP contribution in [0.15, 0.2) is 42.5 Å². The van der Waals surface area contributed by atoms with Crippen molar-refractivity contribution in [2.75, 3.05) is 13.7 Å². The third-order valence-corrected chi connectivity index (χ3v) is 3.10. The molecule has 0 aliphatic heterocycles. The Kier molecular flexibility index (Phi) is 5.58. The van der Waals surface area contributed by atoms with Gasteiger partial charge in [-0.05, 0) is 41.9 Å². The average Bonchev–Trinajstić information content (AvgIpc) is 2.51. The Bertz CT molecular complexity index is 587. The highest BCUT2D eigenvalue weighted by molar-refractivity contribution is 5.31. The highest BCUT2D eigenvalue weighted by atomic mass is 19.1. The van der Waals surface area contributed by atoms with E-state index in [4.69, 9.17) is 9.47 Å². The molecular formula is C17H20FNO2. The maximum Gasteiger partial charge on any atom is 0.165 e. The van der Waals surface area contributed by atoms with E-state index in [1.165, 1.54) is 13.2 Å². The Hall–Kier alpha value is -2.07. The number of methoxy groups -OCH3 is 1. The van der Waals surface area contributed by atoms with Gasteiger partial charge in [-0.25, -0.2) is 4.39 Å². The summed E-state index contributed by atoms with van der Waals surface area (Å²) in [6, 6.07) is 12.7. The first kappa shape index (κ1) is 15.3. The lowest BCUT2D eigenvalue weighted by Gasteiger charge is -2.09. The van der Waals surface area contributed by atoms with Crippen LogP contribution < -0.4 is 14.8 Å². The monoisotopic (exact) mass is 289 g/mol. The van der Waals surface area contributed by atoms with Gasteiger partial charge in [0.2, 0.25) is 0 Å². The molecule has 0 radical (unpaired) electrons. The van der Waals surface area contributed by atoms with Crippen LogP contribution in [0.25, 0.3) is 0 Å². The molecule has 3 nitrogen and oxygen atoms in total. The lowest BCUT2D eigenvalue weighted by atomic mass is 10.2. The second-order valence-corrected chi connectivity index (χ2v) is 4.69. The van der Waals surface area contributed by atoms with Crippen LogP contribution in [0, 0.1) is 5.82 Å². The second kappa shape index (κ2) is 7.64. The molecule has 21 heavy (non-hydrogen) atoms. The van der Waals surface area contributed by atoms with E-state index >= 15 is 0 Å². The van der Waals surface area contributed by atoms with Gasteiger partial charge in [0, 0.05) is 6.54 Å². The highest BCUT2D eigenvalue weighted by Gasteiger charge is 2.04. The smallest absolute Gasteiger partial charge is 0.165 e. The first-order chi connectivity index (χ1) is 10.2. The summed E-state index contributed by atoms with van der Waals surface area (Å²) in [6.45, 7) is 4.13. The minimum atomic E-state index is -0.375. The lowest BCUT2D eigenvalue weighted by Crippen LogP contribution is -2.11. The Balaban J connectivity index is 1.97. The molecule has 2 aromatic rings. The molecule has 2 aromatic carbocycles. The van der Waals surface area contributed by atoms with Crippen molar-refractivity contribution in [2.45, 2.75) is 20.1 Å². The maximum absolute atomic E-state index is 13.6. The first-order valence-corrected chi connectivity index (χ1v) is 6.97. The molecular weight excluding hydrogens is 269 g/mol. The third kappa shape index (κ3) is 4.46. The minimum absolute atomic E-state index is 0.242. The standard InChI is InChI=1S/C17H20FNO2/c1-3-19-11-13-5-4-6-15(9-13)21-12-14-7-8-17(20-2)16(18)10-14/h4-10,19H,3,11-12H2,1-2H3. The number of halogens is 1. The summed E-state index contributed by atoms with van der Waals surface area (Å²) in [4.78, 5) is 0. The van der Waals surface area contributed by atoms with Crippen molar-refractivity contribution >= 4 is 0 Å². The third-order valence-electron chi connectivity index (χ3n) is 3.10. The van der Waals surface area contributed by atoms with E-state index in [9.17, 15) is 4.39 Å². The van der Waals surface area contributed by atoms with Gasteiger partial charge in [0.25, 0.3) is 0 Å². The Morgan fingerprint density at radius 1 is 1.10 bits per heavy atom. The Morgan fingerprint density at radius 2 is 1.95 bits per heavy atom. The van der Waals surface area contributed by atoms with Gasteiger partial charge in [-0.15, -0.1) is 0 Å². The summed E-state index contributed by atoms with van der Waals surface area (Å²) in [5.41, 5.74) is 1.93. The molecule has 0 amide bonds. The number of hydrogen-bond donors (Lipinski definition) is 1. The largest absolute Gasteiger partial charge is 0.494 e. The van der Waals surface area contributed by atoms with Crippen LogP contribution in [0.1, 0.15) is 18.1 Å². The molecule has 0 saturated carbocycles. The van der Waals surface area contributed by atoms with Crippen LogP contribution in [-0.2, 0) is 13.2 Å². The van der Waals surface area contributed by atoms with Crippen molar-refractivity contribution in [1.82, 2.24) is 5.32 Å². The van der Waals surface area contributed by atoms with E-state index in [2.05, 4.69) is 12.2 Å². The van der Waals surface area contributed by atoms with Crippen LogP contribution in [0.3, 0.4) is 0 Å². The summed E-state index contributed by atoms with van der Waals surface area (Å²) in [7, 11) is 1.45. The van der Waals surface area contributed by atoms with E-state index in [0.29, 0.717) is 6.61 Å². The van der Waals surface area contributed by atoms with Crippen molar-refractivity contribution in [2.24, 2.45) is 0 Å². The molecule has 1 N–H and O–H groups in total. The van der Waals surface area contributed by atoms with Crippen molar-refractivity contribution in [3.05, 3.63) is 59.4 Å². The van der Waals surface area contributed by atoms with Gasteiger partial charge in [-0.1, -0.05) is 25.1 Å². The van der Waals surface area contributed by atoms with Gasteiger partial charge in [-0.2, -0.15) is 0 Å². The molecule has 0 aromatic heterocycles. The summed E-state index contributed by atoms with van der Waals surface area (Å²) in [5.74, 6) is 0.646. The molecule has 0 aliphatic rings. The lowest BCUT2D eigenvalue weighted by molar-refractivity contribution is 0.304. The number of nitrogens with one attached hydrogen (secondary N) is 1. The van der Waals surface area contributed by atoms with E-state index in [1.54, 1.807) is 12.1 Å². The van der Waals surface area contributed by atoms with E-state index in [0.717, 1.165) is 30.0 Å². The summed E-state index contributed by atoms with van der Waals surface area (Å²) in [6.07, 6.45) is 0. The molecule has 0 fully saturated rings. The predicted molar refractivity (Wildman–Crippen MR) is 81.1 cm³/mol. The maximum atomic E-state index is 13.6. The SMILES string of the molecule is CCNCc1cccc(OCc2ccc(OC)c(F)c2)c1. The van der Waals surface area contributed by atoms with E-state index in [1.807, 2.05) is 24.3 Å². The molecule has 2 rings (SSSR count). The van der Waals surface area contributed by atoms with Crippen LogP contribution in [0.4, 0.5) is 4.39 Å². The molecule has 0 bridgehead atoms. The van der Waals surface area contributed by atoms with Crippen molar-refractivity contribution in [3.63, 3.8) is 0 Å². The van der Waals surface area contributed by atoms with Crippen molar-refractivity contribution in [1.29, 1.82) is 0 Å². The minimum Gasteiger partial charge on any atom is -0.494 e. The van der Waals surface area contributed by atoms with Crippen LogP contribution in [-0.4, -0.2) is 13.7 Å². The molecule has 0 atom stereocenters. The van der Waals surface area contributed by atoms with Gasteiger partial charge in [0.1, 0.15) is 12.4 Å². The second-order valence-electron chi connectivity index (χ2n) is 4.69. The average molecular weight is 289 g/mol. The number of ether oxygens (including phenoxy) is 2. The fourth-order valence-corrected chi connectivity index (χ4v) is 1.98. The predicted octanol–water partition coefficient (Wildman–Crippen LogP) is 3.52. The fourth-order valence-electron chi connectivity index (χ4n) is 1.98. The van der Waals surface area contributed by atoms with Gasteiger partial charge < -0.3 is 14.8 Å². The van der Waals surface area contributed by atoms with Gasteiger partial charge in [-0.3, -0.25) is 0 Å². The molecule has 0 spiro atoms. The van der Waals surface area contributed by atoms with Crippen LogP contribution in [0.5, 0.6) is 11.5 Å². The van der Waals surface area contributed by atoms with Gasteiger partial charge in [0.05, 0.1) is 7.11 Å². The summed E-state index contributed by atoms with van der Waals surface area (Å²) in [5, 5.41) is 3.27. The molecule has 0 unspecified atom stereocenters. The van der Waals surface area contributed by atoms with Crippen molar-refractivity contribution in [3.8, 4) is 11.5 Å². The summed E-state index contributed by atoms with van der Waals surface area (Å²) >= 11 is 0. The first-order valence-electron chi connectivity index (χ1n) is 6.97. The summed E-state index contributed by atoms with van der Waals surface area (Å²) < 4.78 is 24.2. The molecule has 0 heterocycles. The fraction of sp³-hybridized carbons (Fsp3) is 0.294. The molecule has 112 valence electrons. The Labute approximate surface area is 124 Å². The quantitative estimate of drug-likeness (QED) is 0.846. The van der Waals surface area contributed by atoms with Crippen molar-refractivity contribution < 1.29 is 13.9 Å². The Morgan fingerprint density at radius 3 is 2.67 bits per heavy atom. The van der Waals surface area contributed by atoms with Gasteiger partial charge in [0.15, 0.2) is 11.6 Å². The number of benzene rings is 2. The normalized spacial score (nSPS) is 10.4. The number of hydrogen-bond acceptors (Lipinski definition) is 3. The topological polar surface area (TPSA) is 30.5 Å². The molecule has 4 heteroatoms. The zero-order valence-corrected chi connectivity index (χ0v) is 12.4. The zero-order valence-electron chi connectivity index (χ0n) is 12.4. The zero-order chi connectivity index (χ0) is 15.1. The molecule has 0 saturated heterocycles. The number of rotatable bonds is 7. The van der Waals surface area contributed by atoms with Crippen LogP contribution in [0.2, 0.25) is 0 Å². The van der Waals surface area contributed by atoms with E-state index in [-0.39, 0.29) is 11.6 Å². The van der Waals surface area contributed by atoms with Gasteiger partial charge >= 0.3 is 0 Å². The van der Waals surface area contributed by atoms with E-state index < -0.39 is 0 Å². The van der Waals surface area contributed by atoms with Crippen LogP contribution >= 0.6 is 0 Å². The highest BCUT2D eigenvalue weighted by Crippen LogP contribution is 2.20. The molecule has 0 aliphatic carbocycles.